The van der Waals surface area contributed by atoms with Crippen molar-refractivity contribution in [3.8, 4) is 0 Å². The minimum Gasteiger partial charge on any atom is -0.376 e. The van der Waals surface area contributed by atoms with E-state index < -0.39 is 5.92 Å². The second-order valence-electron chi connectivity index (χ2n) is 6.00. The molecule has 2 fully saturated rings. The molecule has 1 N–H and O–H groups in total. The van der Waals surface area contributed by atoms with Gasteiger partial charge in [-0.3, -0.25) is 9.59 Å². The van der Waals surface area contributed by atoms with Crippen molar-refractivity contribution in [2.24, 2.45) is 5.92 Å². The molecule has 118 valence electrons. The molecule has 22 heavy (non-hydrogen) atoms. The lowest BCUT2D eigenvalue weighted by Gasteiger charge is -2.19. The normalized spacial score (nSPS) is 24.8. The molecule has 2 unspecified atom stereocenters. The second-order valence-corrected chi connectivity index (χ2v) is 6.00. The summed E-state index contributed by atoms with van der Waals surface area (Å²) in [4.78, 5) is 26.5. The molecule has 0 aromatic heterocycles. The lowest BCUT2D eigenvalue weighted by Crippen LogP contribution is -2.40. The lowest BCUT2D eigenvalue weighted by molar-refractivity contribution is -0.132. The maximum atomic E-state index is 12.5. The third kappa shape index (κ3) is 2.99. The van der Waals surface area contributed by atoms with E-state index in [-0.39, 0.29) is 17.9 Å². The van der Waals surface area contributed by atoms with Gasteiger partial charge in [0.05, 0.1) is 6.10 Å². The van der Waals surface area contributed by atoms with Crippen molar-refractivity contribution >= 4 is 17.5 Å². The van der Waals surface area contributed by atoms with E-state index in [4.69, 9.17) is 4.74 Å². The molecule has 0 spiro atoms. The molecule has 2 aliphatic rings. The molecule has 2 heterocycles. The third-order valence-corrected chi connectivity index (χ3v) is 4.46. The number of aryl methyl sites for hydroxylation is 1. The van der Waals surface area contributed by atoms with Gasteiger partial charge in [-0.05, 0) is 37.8 Å². The van der Waals surface area contributed by atoms with Gasteiger partial charge in [-0.15, -0.1) is 0 Å². The van der Waals surface area contributed by atoms with Crippen molar-refractivity contribution in [2.45, 2.75) is 32.3 Å². The van der Waals surface area contributed by atoms with Gasteiger partial charge in [0.2, 0.25) is 11.8 Å². The molecular weight excluding hydrogens is 280 g/mol. The van der Waals surface area contributed by atoms with E-state index >= 15 is 0 Å². The maximum Gasteiger partial charge on any atom is 0.239 e. The molecule has 5 heteroatoms. The predicted octanol–water partition coefficient (Wildman–Crippen LogP) is 1.64. The van der Waals surface area contributed by atoms with Gasteiger partial charge in [-0.25, -0.2) is 0 Å². The summed E-state index contributed by atoms with van der Waals surface area (Å²) in [7, 11) is 0. The van der Waals surface area contributed by atoms with Crippen molar-refractivity contribution in [2.75, 3.05) is 24.6 Å². The SMILES string of the molecule is Cc1ccccc1N1CCC(C(=O)NCC2CCCO2)C1=O. The summed E-state index contributed by atoms with van der Waals surface area (Å²) in [5.74, 6) is -0.836. The van der Waals surface area contributed by atoms with E-state index in [1.165, 1.54) is 0 Å². The van der Waals surface area contributed by atoms with E-state index in [9.17, 15) is 9.59 Å². The Hall–Kier alpha value is -1.88. The van der Waals surface area contributed by atoms with Gasteiger partial charge in [-0.2, -0.15) is 0 Å². The molecule has 3 rings (SSSR count). The summed E-state index contributed by atoms with van der Waals surface area (Å²) in [6.07, 6.45) is 2.70. The molecule has 0 saturated carbocycles. The number of nitrogens with zero attached hydrogens (tertiary/aromatic N) is 1. The summed E-state index contributed by atoms with van der Waals surface area (Å²) in [6.45, 7) is 3.85. The van der Waals surface area contributed by atoms with Crippen LogP contribution in [0.5, 0.6) is 0 Å². The van der Waals surface area contributed by atoms with Crippen LogP contribution in [0.15, 0.2) is 24.3 Å². The minimum atomic E-state index is -0.569. The molecule has 5 nitrogen and oxygen atoms in total. The second kappa shape index (κ2) is 6.48. The molecule has 0 bridgehead atoms. The Balaban J connectivity index is 1.60. The van der Waals surface area contributed by atoms with E-state index in [1.807, 2.05) is 31.2 Å². The average molecular weight is 302 g/mol. The smallest absolute Gasteiger partial charge is 0.239 e. The highest BCUT2D eigenvalue weighted by Crippen LogP contribution is 2.27. The van der Waals surface area contributed by atoms with Gasteiger partial charge in [0.25, 0.3) is 0 Å². The highest BCUT2D eigenvalue weighted by atomic mass is 16.5. The Morgan fingerprint density at radius 2 is 2.18 bits per heavy atom. The van der Waals surface area contributed by atoms with E-state index in [0.29, 0.717) is 19.5 Å². The zero-order chi connectivity index (χ0) is 15.5. The molecule has 2 aliphatic heterocycles. The maximum absolute atomic E-state index is 12.5. The molecule has 1 aromatic rings. The Morgan fingerprint density at radius 1 is 1.36 bits per heavy atom. The first kappa shape index (κ1) is 15.0. The van der Waals surface area contributed by atoms with E-state index in [2.05, 4.69) is 5.32 Å². The van der Waals surface area contributed by atoms with Crippen molar-refractivity contribution < 1.29 is 14.3 Å². The number of amides is 2. The standard InChI is InChI=1S/C17H22N2O3/c1-12-5-2-3-7-15(12)19-9-8-14(17(19)21)16(20)18-11-13-6-4-10-22-13/h2-3,5,7,13-14H,4,6,8-11H2,1H3,(H,18,20). The Bertz CT molecular complexity index is 567. The van der Waals surface area contributed by atoms with Crippen LogP contribution >= 0.6 is 0 Å². The average Bonchev–Trinajstić information content (AvgIpc) is 3.15. The summed E-state index contributed by atoms with van der Waals surface area (Å²) in [6, 6.07) is 7.78. The van der Waals surface area contributed by atoms with Crippen LogP contribution in [0.3, 0.4) is 0 Å². The fraction of sp³-hybridized carbons (Fsp3) is 0.529. The van der Waals surface area contributed by atoms with Crippen LogP contribution in [0, 0.1) is 12.8 Å². The molecule has 0 aliphatic carbocycles. The van der Waals surface area contributed by atoms with Crippen molar-refractivity contribution in [3.05, 3.63) is 29.8 Å². The van der Waals surface area contributed by atoms with Gasteiger partial charge in [-0.1, -0.05) is 18.2 Å². The molecule has 2 saturated heterocycles. The number of nitrogens with one attached hydrogen (secondary N) is 1. The summed E-state index contributed by atoms with van der Waals surface area (Å²) in [5.41, 5.74) is 1.96. The van der Waals surface area contributed by atoms with Crippen molar-refractivity contribution in [1.82, 2.24) is 5.32 Å². The fourth-order valence-corrected chi connectivity index (χ4v) is 3.17. The van der Waals surface area contributed by atoms with Crippen LogP contribution in [0.1, 0.15) is 24.8 Å². The summed E-state index contributed by atoms with van der Waals surface area (Å²) < 4.78 is 5.49. The third-order valence-electron chi connectivity index (χ3n) is 4.46. The molecule has 2 amide bonds. The number of rotatable bonds is 4. The topological polar surface area (TPSA) is 58.6 Å². The lowest BCUT2D eigenvalue weighted by atomic mass is 10.1. The highest BCUT2D eigenvalue weighted by molar-refractivity contribution is 6.09. The Morgan fingerprint density at radius 3 is 2.91 bits per heavy atom. The first-order valence-corrected chi connectivity index (χ1v) is 7.93. The predicted molar refractivity (Wildman–Crippen MR) is 83.6 cm³/mol. The first-order valence-electron chi connectivity index (χ1n) is 7.93. The molecule has 0 radical (unpaired) electrons. The Kier molecular flexibility index (Phi) is 4.43. The van der Waals surface area contributed by atoms with Crippen LogP contribution in [0.4, 0.5) is 5.69 Å². The van der Waals surface area contributed by atoms with Crippen LogP contribution in [0.25, 0.3) is 0 Å². The molecule has 2 atom stereocenters. The molecular formula is C17H22N2O3. The summed E-state index contributed by atoms with van der Waals surface area (Å²) >= 11 is 0. The molecule has 1 aromatic carbocycles. The number of para-hydroxylation sites is 1. The number of ether oxygens (including phenoxy) is 1. The van der Waals surface area contributed by atoms with E-state index in [0.717, 1.165) is 30.7 Å². The number of hydrogen-bond donors (Lipinski definition) is 1. The fourth-order valence-electron chi connectivity index (χ4n) is 3.17. The highest BCUT2D eigenvalue weighted by Gasteiger charge is 2.38. The van der Waals surface area contributed by atoms with Crippen LogP contribution in [-0.2, 0) is 14.3 Å². The minimum absolute atomic E-state index is 0.0980. The summed E-state index contributed by atoms with van der Waals surface area (Å²) in [5, 5.41) is 2.87. The van der Waals surface area contributed by atoms with Gasteiger partial charge in [0.15, 0.2) is 0 Å². The number of anilines is 1. The van der Waals surface area contributed by atoms with Gasteiger partial charge < -0.3 is 15.0 Å². The van der Waals surface area contributed by atoms with E-state index in [1.54, 1.807) is 4.90 Å². The van der Waals surface area contributed by atoms with Crippen LogP contribution < -0.4 is 10.2 Å². The Labute approximate surface area is 130 Å². The van der Waals surface area contributed by atoms with Crippen molar-refractivity contribution in [3.63, 3.8) is 0 Å². The van der Waals surface area contributed by atoms with Gasteiger partial charge in [0.1, 0.15) is 5.92 Å². The monoisotopic (exact) mass is 302 g/mol. The number of hydrogen-bond acceptors (Lipinski definition) is 3. The first-order chi connectivity index (χ1) is 10.7. The van der Waals surface area contributed by atoms with Gasteiger partial charge in [0, 0.05) is 25.4 Å². The number of carbonyl (C=O) groups excluding carboxylic acids is 2. The van der Waals surface area contributed by atoms with Crippen LogP contribution in [0.2, 0.25) is 0 Å². The largest absolute Gasteiger partial charge is 0.376 e. The number of carbonyl (C=O) groups is 2. The number of benzene rings is 1. The zero-order valence-corrected chi connectivity index (χ0v) is 12.9. The van der Waals surface area contributed by atoms with Crippen molar-refractivity contribution in [1.29, 1.82) is 0 Å². The zero-order valence-electron chi connectivity index (χ0n) is 12.9. The van der Waals surface area contributed by atoms with Gasteiger partial charge >= 0.3 is 0 Å². The quantitative estimate of drug-likeness (QED) is 0.860. The van der Waals surface area contributed by atoms with Crippen LogP contribution in [-0.4, -0.2) is 37.6 Å².